The number of carbonyl (C=O) groups is 1. The Hall–Kier alpha value is -1.06. The van der Waals surface area contributed by atoms with E-state index in [-0.39, 0.29) is 12.5 Å². The fraction of sp³-hybridized carbons (Fsp3) is 0.273. The molecule has 0 aliphatic heterocycles. The van der Waals surface area contributed by atoms with Crippen molar-refractivity contribution < 1.29 is 4.79 Å². The molecular formula is C11H11Br2N3O. The number of nitrogens with zero attached hydrogens (tertiary/aromatic N) is 1. The van der Waals surface area contributed by atoms with Crippen molar-refractivity contribution in [1.82, 2.24) is 5.32 Å². The lowest BCUT2D eigenvalue weighted by molar-refractivity contribution is -0.119. The van der Waals surface area contributed by atoms with E-state index in [4.69, 9.17) is 5.26 Å². The van der Waals surface area contributed by atoms with Crippen molar-refractivity contribution in [2.24, 2.45) is 0 Å². The second-order valence-electron chi connectivity index (χ2n) is 3.21. The van der Waals surface area contributed by atoms with Crippen LogP contribution in [-0.4, -0.2) is 19.0 Å². The molecule has 2 N–H and O–H groups in total. The Kier molecular flexibility index (Phi) is 6.01. The lowest BCUT2D eigenvalue weighted by Crippen LogP contribution is -2.30. The molecule has 6 heteroatoms. The number of benzene rings is 1. The van der Waals surface area contributed by atoms with Gasteiger partial charge in [-0.05, 0) is 44.0 Å². The Morgan fingerprint density at radius 3 is 2.59 bits per heavy atom. The van der Waals surface area contributed by atoms with Crippen LogP contribution in [0.15, 0.2) is 27.1 Å². The second-order valence-corrected chi connectivity index (χ2v) is 4.92. The molecule has 0 fully saturated rings. The van der Waals surface area contributed by atoms with Crippen LogP contribution in [0.3, 0.4) is 0 Å². The lowest BCUT2D eigenvalue weighted by Gasteiger charge is -2.10. The van der Waals surface area contributed by atoms with Gasteiger partial charge in [0.05, 0.1) is 24.7 Å². The smallest absolute Gasteiger partial charge is 0.239 e. The Morgan fingerprint density at radius 1 is 1.35 bits per heavy atom. The molecule has 1 aromatic carbocycles. The maximum absolute atomic E-state index is 11.4. The van der Waals surface area contributed by atoms with Crippen molar-refractivity contribution in [3.8, 4) is 6.07 Å². The summed E-state index contributed by atoms with van der Waals surface area (Å²) >= 11 is 6.79. The highest BCUT2D eigenvalue weighted by atomic mass is 79.9. The Morgan fingerprint density at radius 2 is 2.00 bits per heavy atom. The summed E-state index contributed by atoms with van der Waals surface area (Å²) in [6.45, 7) is 0.556. The quantitative estimate of drug-likeness (QED) is 0.793. The molecule has 1 amide bonds. The summed E-state index contributed by atoms with van der Waals surface area (Å²) in [7, 11) is 0. The molecule has 0 unspecified atom stereocenters. The molecule has 0 saturated heterocycles. The summed E-state index contributed by atoms with van der Waals surface area (Å²) in [6, 6.07) is 7.64. The zero-order valence-corrected chi connectivity index (χ0v) is 12.1. The van der Waals surface area contributed by atoms with E-state index >= 15 is 0 Å². The highest BCUT2D eigenvalue weighted by Gasteiger charge is 2.06. The molecule has 0 aliphatic carbocycles. The highest BCUT2D eigenvalue weighted by Crippen LogP contribution is 2.30. The van der Waals surface area contributed by atoms with Gasteiger partial charge in [0.1, 0.15) is 0 Å². The standard InChI is InChI=1S/C11H11Br2N3O/c12-8-3-1-4-9(13)11(8)16-7-10(17)15-6-2-5-14/h1,3-4,16H,2,6-7H2,(H,15,17). The number of hydrogen-bond donors (Lipinski definition) is 2. The molecule has 0 aliphatic rings. The Labute approximate surface area is 117 Å². The Bertz CT molecular complexity index is 423. The molecule has 0 spiro atoms. The van der Waals surface area contributed by atoms with Crippen LogP contribution >= 0.6 is 31.9 Å². The van der Waals surface area contributed by atoms with Gasteiger partial charge in [-0.2, -0.15) is 5.26 Å². The largest absolute Gasteiger partial charge is 0.374 e. The summed E-state index contributed by atoms with van der Waals surface area (Å²) in [5, 5.41) is 14.0. The summed E-state index contributed by atoms with van der Waals surface area (Å²) < 4.78 is 1.77. The summed E-state index contributed by atoms with van der Waals surface area (Å²) in [5.74, 6) is -0.136. The number of rotatable bonds is 5. The first kappa shape index (κ1) is 14.0. The van der Waals surface area contributed by atoms with Crippen LogP contribution in [0.4, 0.5) is 5.69 Å². The van der Waals surface area contributed by atoms with Gasteiger partial charge in [-0.15, -0.1) is 0 Å². The monoisotopic (exact) mass is 359 g/mol. The van der Waals surface area contributed by atoms with Crippen molar-refractivity contribution >= 4 is 43.5 Å². The van der Waals surface area contributed by atoms with Gasteiger partial charge in [-0.3, -0.25) is 4.79 Å². The average molecular weight is 361 g/mol. The van der Waals surface area contributed by atoms with Crippen LogP contribution in [0, 0.1) is 11.3 Å². The molecule has 90 valence electrons. The SMILES string of the molecule is N#CCCNC(=O)CNc1c(Br)cccc1Br. The minimum atomic E-state index is -0.136. The van der Waals surface area contributed by atoms with Gasteiger partial charge in [0.2, 0.25) is 5.91 Å². The van der Waals surface area contributed by atoms with Crippen LogP contribution in [0.5, 0.6) is 0 Å². The van der Waals surface area contributed by atoms with Gasteiger partial charge in [0.25, 0.3) is 0 Å². The third-order valence-corrected chi connectivity index (χ3v) is 3.27. The molecule has 0 bridgehead atoms. The van der Waals surface area contributed by atoms with E-state index in [1.807, 2.05) is 24.3 Å². The predicted molar refractivity (Wildman–Crippen MR) is 73.6 cm³/mol. The van der Waals surface area contributed by atoms with E-state index in [0.29, 0.717) is 13.0 Å². The number of para-hydroxylation sites is 1. The van der Waals surface area contributed by atoms with Crippen molar-refractivity contribution in [2.45, 2.75) is 6.42 Å². The first-order valence-electron chi connectivity index (χ1n) is 4.96. The molecule has 17 heavy (non-hydrogen) atoms. The van der Waals surface area contributed by atoms with Gasteiger partial charge < -0.3 is 10.6 Å². The molecule has 0 heterocycles. The summed E-state index contributed by atoms with van der Waals surface area (Å²) in [5.41, 5.74) is 0.836. The van der Waals surface area contributed by atoms with Gasteiger partial charge in [-0.1, -0.05) is 6.07 Å². The van der Waals surface area contributed by atoms with Crippen LogP contribution in [0.1, 0.15) is 6.42 Å². The first-order chi connectivity index (χ1) is 8.15. The zero-order valence-electron chi connectivity index (χ0n) is 8.96. The van der Waals surface area contributed by atoms with E-state index in [9.17, 15) is 4.79 Å². The minimum absolute atomic E-state index is 0.136. The van der Waals surface area contributed by atoms with Gasteiger partial charge in [0.15, 0.2) is 0 Å². The molecule has 0 radical (unpaired) electrons. The maximum atomic E-state index is 11.4. The lowest BCUT2D eigenvalue weighted by atomic mass is 10.3. The van der Waals surface area contributed by atoms with Crippen molar-refractivity contribution in [1.29, 1.82) is 5.26 Å². The number of nitriles is 1. The van der Waals surface area contributed by atoms with Crippen LogP contribution < -0.4 is 10.6 Å². The van der Waals surface area contributed by atoms with Crippen LogP contribution in [-0.2, 0) is 4.79 Å². The number of amides is 1. The summed E-state index contributed by atoms with van der Waals surface area (Å²) in [6.07, 6.45) is 0.324. The van der Waals surface area contributed by atoms with E-state index < -0.39 is 0 Å². The highest BCUT2D eigenvalue weighted by molar-refractivity contribution is 9.11. The van der Waals surface area contributed by atoms with E-state index in [1.165, 1.54) is 0 Å². The van der Waals surface area contributed by atoms with Crippen molar-refractivity contribution in [3.05, 3.63) is 27.1 Å². The summed E-state index contributed by atoms with van der Waals surface area (Å²) in [4.78, 5) is 11.4. The van der Waals surface area contributed by atoms with Gasteiger partial charge in [0, 0.05) is 15.5 Å². The molecular weight excluding hydrogens is 350 g/mol. The molecule has 1 aromatic rings. The predicted octanol–water partition coefficient (Wildman–Crippen LogP) is 2.65. The second kappa shape index (κ2) is 7.30. The fourth-order valence-electron chi connectivity index (χ4n) is 1.16. The van der Waals surface area contributed by atoms with E-state index in [2.05, 4.69) is 42.5 Å². The van der Waals surface area contributed by atoms with Crippen LogP contribution in [0.25, 0.3) is 0 Å². The van der Waals surface area contributed by atoms with E-state index in [0.717, 1.165) is 14.6 Å². The number of anilines is 1. The van der Waals surface area contributed by atoms with E-state index in [1.54, 1.807) is 0 Å². The van der Waals surface area contributed by atoms with Gasteiger partial charge in [-0.25, -0.2) is 0 Å². The first-order valence-corrected chi connectivity index (χ1v) is 6.55. The Balaban J connectivity index is 2.45. The van der Waals surface area contributed by atoms with Crippen molar-refractivity contribution in [3.63, 3.8) is 0 Å². The molecule has 4 nitrogen and oxygen atoms in total. The van der Waals surface area contributed by atoms with Crippen molar-refractivity contribution in [2.75, 3.05) is 18.4 Å². The normalized spacial score (nSPS) is 9.47. The van der Waals surface area contributed by atoms with Crippen LogP contribution in [0.2, 0.25) is 0 Å². The fourth-order valence-corrected chi connectivity index (χ4v) is 2.43. The average Bonchev–Trinajstić information content (AvgIpc) is 2.29. The molecule has 0 aromatic heterocycles. The molecule has 0 atom stereocenters. The number of nitrogens with one attached hydrogen (secondary N) is 2. The topological polar surface area (TPSA) is 64.9 Å². The molecule has 0 saturated carbocycles. The number of halogens is 2. The third kappa shape index (κ3) is 4.75. The molecule has 1 rings (SSSR count). The number of hydrogen-bond acceptors (Lipinski definition) is 3. The number of carbonyl (C=O) groups excluding carboxylic acids is 1. The minimum Gasteiger partial charge on any atom is -0.374 e. The maximum Gasteiger partial charge on any atom is 0.239 e. The third-order valence-electron chi connectivity index (χ3n) is 1.95. The van der Waals surface area contributed by atoms with Gasteiger partial charge >= 0.3 is 0 Å². The zero-order chi connectivity index (χ0) is 12.7.